The number of alkyl halides is 1. The molecule has 2 aliphatic heterocycles. The standard InChI is InChI=1S/C16H23BBrNO4S/c1-16(2)11-22-17(23-12-16)15-4-3-14(9-13(15)10-18)24(20)19-5-7-21-8-6-19/h3-4,9H,5-8,10-12H2,1-2H3. The van der Waals surface area contributed by atoms with Crippen molar-refractivity contribution < 1.29 is 18.3 Å². The molecule has 0 radical (unpaired) electrons. The van der Waals surface area contributed by atoms with E-state index in [4.69, 9.17) is 14.0 Å². The molecule has 2 aliphatic rings. The number of hydrogen-bond acceptors (Lipinski definition) is 4. The van der Waals surface area contributed by atoms with Crippen LogP contribution in [-0.2, 0) is 30.4 Å². The van der Waals surface area contributed by atoms with Gasteiger partial charge in [-0.15, -0.1) is 0 Å². The lowest BCUT2D eigenvalue weighted by Gasteiger charge is -2.33. The summed E-state index contributed by atoms with van der Waals surface area (Å²) in [5.74, 6) is 0. The maximum Gasteiger partial charge on any atom is 0.494 e. The Labute approximate surface area is 154 Å². The molecule has 0 amide bonds. The fourth-order valence-electron chi connectivity index (χ4n) is 2.77. The lowest BCUT2D eigenvalue weighted by molar-refractivity contribution is 0.0342. The molecule has 0 saturated carbocycles. The van der Waals surface area contributed by atoms with Crippen LogP contribution in [0.4, 0.5) is 0 Å². The summed E-state index contributed by atoms with van der Waals surface area (Å²) < 4.78 is 31.8. The van der Waals surface area contributed by atoms with Gasteiger partial charge in [0, 0.05) is 37.0 Å². The predicted octanol–water partition coefficient (Wildman–Crippen LogP) is 1.70. The topological polar surface area (TPSA) is 48.0 Å². The molecule has 2 fully saturated rings. The van der Waals surface area contributed by atoms with E-state index in [0.717, 1.165) is 15.9 Å². The predicted molar refractivity (Wildman–Crippen MR) is 98.9 cm³/mol. The zero-order valence-electron chi connectivity index (χ0n) is 14.1. The molecule has 132 valence electrons. The van der Waals surface area contributed by atoms with Gasteiger partial charge < -0.3 is 14.0 Å². The van der Waals surface area contributed by atoms with Gasteiger partial charge in [-0.3, -0.25) is 0 Å². The van der Waals surface area contributed by atoms with Crippen molar-refractivity contribution in [3.63, 3.8) is 0 Å². The summed E-state index contributed by atoms with van der Waals surface area (Å²) in [6.07, 6.45) is 0. The van der Waals surface area contributed by atoms with E-state index in [1.54, 1.807) is 0 Å². The minimum Gasteiger partial charge on any atom is -0.407 e. The lowest BCUT2D eigenvalue weighted by Crippen LogP contribution is -2.48. The van der Waals surface area contributed by atoms with Crippen LogP contribution < -0.4 is 5.46 Å². The van der Waals surface area contributed by atoms with Crippen molar-refractivity contribution >= 4 is 39.5 Å². The minimum atomic E-state index is -1.16. The van der Waals surface area contributed by atoms with E-state index in [1.807, 2.05) is 22.5 Å². The molecule has 5 nitrogen and oxygen atoms in total. The number of ether oxygens (including phenoxy) is 1. The molecule has 0 N–H and O–H groups in total. The van der Waals surface area contributed by atoms with E-state index in [1.165, 1.54) is 0 Å². The average molecular weight is 416 g/mol. The first-order valence-corrected chi connectivity index (χ1v) is 10.4. The van der Waals surface area contributed by atoms with Gasteiger partial charge in [0.15, 0.2) is 0 Å². The van der Waals surface area contributed by atoms with Crippen LogP contribution in [0.3, 0.4) is 0 Å². The van der Waals surface area contributed by atoms with Crippen molar-refractivity contribution in [3.8, 4) is 0 Å². The Kier molecular flexibility index (Phi) is 6.16. The fourth-order valence-corrected chi connectivity index (χ4v) is 4.46. The van der Waals surface area contributed by atoms with Crippen molar-refractivity contribution in [2.45, 2.75) is 24.1 Å². The Morgan fingerprint density at radius 2 is 1.92 bits per heavy atom. The maximum atomic E-state index is 12.7. The number of hydrogen-bond donors (Lipinski definition) is 0. The van der Waals surface area contributed by atoms with Crippen LogP contribution in [0.25, 0.3) is 0 Å². The molecule has 0 bridgehead atoms. The molecule has 2 heterocycles. The van der Waals surface area contributed by atoms with Crippen molar-refractivity contribution in [3.05, 3.63) is 23.8 Å². The van der Waals surface area contributed by atoms with Crippen molar-refractivity contribution in [2.75, 3.05) is 39.5 Å². The molecule has 2 saturated heterocycles. The van der Waals surface area contributed by atoms with Gasteiger partial charge in [0.05, 0.1) is 18.1 Å². The first-order valence-electron chi connectivity index (χ1n) is 8.17. The Hall–Kier alpha value is -0.245. The molecule has 24 heavy (non-hydrogen) atoms. The van der Waals surface area contributed by atoms with Crippen LogP contribution >= 0.6 is 15.9 Å². The smallest absolute Gasteiger partial charge is 0.407 e. The number of halogens is 1. The van der Waals surface area contributed by atoms with E-state index in [-0.39, 0.29) is 12.5 Å². The largest absolute Gasteiger partial charge is 0.494 e. The third-order valence-electron chi connectivity index (χ3n) is 4.17. The molecule has 0 aromatic heterocycles. The number of benzene rings is 1. The molecular formula is C16H23BBrNO4S. The normalized spacial score (nSPS) is 23.2. The second-order valence-electron chi connectivity index (χ2n) is 6.90. The zero-order valence-corrected chi connectivity index (χ0v) is 16.5. The second kappa shape index (κ2) is 7.97. The first-order chi connectivity index (χ1) is 11.5. The minimum absolute atomic E-state index is 0.0445. The van der Waals surface area contributed by atoms with Crippen molar-refractivity contribution in [1.82, 2.24) is 4.31 Å². The molecule has 8 heteroatoms. The molecule has 0 spiro atoms. The van der Waals surface area contributed by atoms with Gasteiger partial charge in [-0.1, -0.05) is 35.8 Å². The van der Waals surface area contributed by atoms with Crippen molar-refractivity contribution in [1.29, 1.82) is 0 Å². The SMILES string of the molecule is CC1(C)COB(c2ccc(S(=O)N3CCOCC3)cc2CBr)OC1. The van der Waals surface area contributed by atoms with E-state index in [9.17, 15) is 4.21 Å². The summed E-state index contributed by atoms with van der Waals surface area (Å²) in [6, 6.07) is 5.88. The first kappa shape index (κ1) is 18.5. The van der Waals surface area contributed by atoms with Gasteiger partial charge in [0.2, 0.25) is 0 Å². The second-order valence-corrected chi connectivity index (χ2v) is 8.95. The number of rotatable bonds is 4. The Morgan fingerprint density at radius 1 is 1.25 bits per heavy atom. The van der Waals surface area contributed by atoms with Gasteiger partial charge in [0.25, 0.3) is 0 Å². The van der Waals surface area contributed by atoms with Crippen LogP contribution in [0.2, 0.25) is 0 Å². The summed E-state index contributed by atoms with van der Waals surface area (Å²) in [7, 11) is -1.51. The monoisotopic (exact) mass is 415 g/mol. The molecule has 3 rings (SSSR count). The molecular weight excluding hydrogens is 393 g/mol. The number of nitrogens with zero attached hydrogens (tertiary/aromatic N) is 1. The highest BCUT2D eigenvalue weighted by molar-refractivity contribution is 9.08. The Bertz CT molecular complexity index is 600. The van der Waals surface area contributed by atoms with E-state index < -0.39 is 11.0 Å². The molecule has 1 unspecified atom stereocenters. The fraction of sp³-hybridized carbons (Fsp3) is 0.625. The van der Waals surface area contributed by atoms with Crippen LogP contribution in [0.5, 0.6) is 0 Å². The third kappa shape index (κ3) is 4.29. The zero-order chi connectivity index (χ0) is 17.2. The van der Waals surface area contributed by atoms with Crippen LogP contribution in [0.15, 0.2) is 23.1 Å². The highest BCUT2D eigenvalue weighted by Crippen LogP contribution is 2.23. The van der Waals surface area contributed by atoms with Crippen LogP contribution in [-0.4, -0.2) is 55.1 Å². The Balaban J connectivity index is 1.77. The van der Waals surface area contributed by atoms with Crippen LogP contribution in [0.1, 0.15) is 19.4 Å². The van der Waals surface area contributed by atoms with E-state index in [0.29, 0.717) is 44.8 Å². The Morgan fingerprint density at radius 3 is 2.54 bits per heavy atom. The molecule has 1 atom stereocenters. The highest BCUT2D eigenvalue weighted by atomic mass is 79.9. The highest BCUT2D eigenvalue weighted by Gasteiger charge is 2.34. The maximum absolute atomic E-state index is 12.7. The molecule has 0 aliphatic carbocycles. The van der Waals surface area contributed by atoms with E-state index >= 15 is 0 Å². The number of morpholine rings is 1. The quantitative estimate of drug-likeness (QED) is 0.554. The summed E-state index contributed by atoms with van der Waals surface area (Å²) in [6.45, 7) is 8.25. The molecule has 1 aromatic rings. The summed E-state index contributed by atoms with van der Waals surface area (Å²) >= 11 is 3.53. The lowest BCUT2D eigenvalue weighted by atomic mass is 9.73. The van der Waals surface area contributed by atoms with E-state index in [2.05, 4.69) is 29.8 Å². The van der Waals surface area contributed by atoms with Gasteiger partial charge in [-0.2, -0.15) is 0 Å². The van der Waals surface area contributed by atoms with Gasteiger partial charge in [0.1, 0.15) is 11.0 Å². The third-order valence-corrected chi connectivity index (χ3v) is 6.26. The average Bonchev–Trinajstić information content (AvgIpc) is 2.61. The van der Waals surface area contributed by atoms with Gasteiger partial charge in [-0.05, 0) is 23.2 Å². The van der Waals surface area contributed by atoms with Gasteiger partial charge in [-0.25, -0.2) is 8.51 Å². The molecule has 1 aromatic carbocycles. The summed E-state index contributed by atoms with van der Waals surface area (Å²) in [5.41, 5.74) is 2.10. The van der Waals surface area contributed by atoms with Gasteiger partial charge >= 0.3 is 7.12 Å². The summed E-state index contributed by atoms with van der Waals surface area (Å²) in [4.78, 5) is 0.811. The van der Waals surface area contributed by atoms with Crippen molar-refractivity contribution in [2.24, 2.45) is 5.41 Å². The summed E-state index contributed by atoms with van der Waals surface area (Å²) in [5, 5.41) is 0.670. The van der Waals surface area contributed by atoms with Crippen LogP contribution in [0, 0.1) is 5.41 Å².